The highest BCUT2D eigenvalue weighted by molar-refractivity contribution is 7.06. The van der Waals surface area contributed by atoms with E-state index in [0.29, 0.717) is 12.0 Å². The molecule has 2 unspecified atom stereocenters. The van der Waals surface area contributed by atoms with Gasteiger partial charge in [0.05, 0.1) is 23.4 Å². The first-order valence-corrected chi connectivity index (χ1v) is 7.35. The quantitative estimate of drug-likeness (QED) is 0.890. The SMILES string of the molecule is Cc1nsc(C)c1C(=O)NC1c2ccccc2CC1O. The van der Waals surface area contributed by atoms with Gasteiger partial charge in [-0.15, -0.1) is 0 Å². The number of benzene rings is 1. The van der Waals surface area contributed by atoms with E-state index in [2.05, 4.69) is 9.69 Å². The second-order valence-corrected chi connectivity index (χ2v) is 6.10. The summed E-state index contributed by atoms with van der Waals surface area (Å²) in [5.41, 5.74) is 3.48. The Morgan fingerprint density at radius 2 is 2.15 bits per heavy atom. The molecular weight excluding hydrogens is 272 g/mol. The van der Waals surface area contributed by atoms with Gasteiger partial charge in [0.1, 0.15) is 0 Å². The molecule has 0 spiro atoms. The van der Waals surface area contributed by atoms with E-state index >= 15 is 0 Å². The van der Waals surface area contributed by atoms with Crippen molar-refractivity contribution in [3.8, 4) is 0 Å². The van der Waals surface area contributed by atoms with Crippen LogP contribution >= 0.6 is 11.5 Å². The Kier molecular flexibility index (Phi) is 3.31. The molecule has 0 radical (unpaired) electrons. The van der Waals surface area contributed by atoms with E-state index in [1.807, 2.05) is 38.1 Å². The molecular formula is C15H16N2O2S. The number of hydrogen-bond acceptors (Lipinski definition) is 4. The van der Waals surface area contributed by atoms with Crippen molar-refractivity contribution in [1.82, 2.24) is 9.69 Å². The highest BCUT2D eigenvalue weighted by atomic mass is 32.1. The van der Waals surface area contributed by atoms with Crippen molar-refractivity contribution in [2.45, 2.75) is 32.4 Å². The van der Waals surface area contributed by atoms with Crippen LogP contribution in [0.5, 0.6) is 0 Å². The number of carbonyl (C=O) groups is 1. The molecule has 1 aromatic carbocycles. The van der Waals surface area contributed by atoms with Crippen molar-refractivity contribution < 1.29 is 9.90 Å². The number of nitrogens with one attached hydrogen (secondary N) is 1. The molecule has 3 rings (SSSR count). The summed E-state index contributed by atoms with van der Waals surface area (Å²) in [5, 5.41) is 13.1. The molecule has 1 aromatic heterocycles. The average molecular weight is 288 g/mol. The van der Waals surface area contributed by atoms with Gasteiger partial charge in [-0.3, -0.25) is 4.79 Å². The Bertz CT molecular complexity index is 646. The van der Waals surface area contributed by atoms with E-state index in [1.54, 1.807) is 0 Å². The molecule has 2 N–H and O–H groups in total. The van der Waals surface area contributed by atoms with Gasteiger partial charge >= 0.3 is 0 Å². The second kappa shape index (κ2) is 5.00. The topological polar surface area (TPSA) is 62.2 Å². The van der Waals surface area contributed by atoms with Crippen LogP contribution in [0, 0.1) is 13.8 Å². The Balaban J connectivity index is 1.87. The van der Waals surface area contributed by atoms with Crippen molar-refractivity contribution in [3.05, 3.63) is 51.5 Å². The fourth-order valence-corrected chi connectivity index (χ4v) is 3.47. The lowest BCUT2D eigenvalue weighted by Gasteiger charge is -2.18. The van der Waals surface area contributed by atoms with Crippen molar-refractivity contribution in [3.63, 3.8) is 0 Å². The third-order valence-electron chi connectivity index (χ3n) is 3.75. The summed E-state index contributed by atoms with van der Waals surface area (Å²) < 4.78 is 4.19. The summed E-state index contributed by atoms with van der Waals surface area (Å²) in [7, 11) is 0. The molecule has 1 amide bonds. The van der Waals surface area contributed by atoms with Crippen LogP contribution in [0.3, 0.4) is 0 Å². The number of aryl methyl sites for hydroxylation is 2. The molecule has 0 saturated heterocycles. The molecule has 1 aliphatic rings. The number of fused-ring (bicyclic) bond motifs is 1. The van der Waals surface area contributed by atoms with Gasteiger partial charge in [-0.05, 0) is 36.5 Å². The molecule has 0 aliphatic heterocycles. The zero-order valence-corrected chi connectivity index (χ0v) is 12.2. The Hall–Kier alpha value is -1.72. The number of rotatable bonds is 2. The van der Waals surface area contributed by atoms with Gasteiger partial charge in [0.2, 0.25) is 0 Å². The van der Waals surface area contributed by atoms with Gasteiger partial charge < -0.3 is 10.4 Å². The van der Waals surface area contributed by atoms with Gasteiger partial charge in [-0.2, -0.15) is 4.37 Å². The summed E-state index contributed by atoms with van der Waals surface area (Å²) in [5.74, 6) is -0.158. The molecule has 20 heavy (non-hydrogen) atoms. The maximum Gasteiger partial charge on any atom is 0.254 e. The number of aromatic nitrogens is 1. The third-order valence-corrected chi connectivity index (χ3v) is 4.59. The summed E-state index contributed by atoms with van der Waals surface area (Å²) in [6.07, 6.45) is 0.0181. The van der Waals surface area contributed by atoms with E-state index in [4.69, 9.17) is 0 Å². The summed E-state index contributed by atoms with van der Waals surface area (Å²) >= 11 is 1.33. The monoisotopic (exact) mass is 288 g/mol. The van der Waals surface area contributed by atoms with Crippen LogP contribution in [0.15, 0.2) is 24.3 Å². The van der Waals surface area contributed by atoms with Gasteiger partial charge in [0, 0.05) is 11.3 Å². The first kappa shape index (κ1) is 13.3. The minimum atomic E-state index is -0.566. The van der Waals surface area contributed by atoms with Crippen LogP contribution in [0.4, 0.5) is 0 Å². The van der Waals surface area contributed by atoms with E-state index < -0.39 is 6.10 Å². The van der Waals surface area contributed by atoms with Gasteiger partial charge in [0.15, 0.2) is 0 Å². The predicted octanol–water partition coefficient (Wildman–Crippen LogP) is 2.15. The summed E-state index contributed by atoms with van der Waals surface area (Å²) in [4.78, 5) is 13.3. The Morgan fingerprint density at radius 1 is 1.40 bits per heavy atom. The summed E-state index contributed by atoms with van der Waals surface area (Å²) in [6, 6.07) is 7.50. The Morgan fingerprint density at radius 3 is 2.85 bits per heavy atom. The third kappa shape index (κ3) is 2.13. The lowest BCUT2D eigenvalue weighted by molar-refractivity contribution is 0.0857. The average Bonchev–Trinajstić information content (AvgIpc) is 2.91. The van der Waals surface area contributed by atoms with Crippen molar-refractivity contribution in [2.24, 2.45) is 0 Å². The minimum Gasteiger partial charge on any atom is -0.390 e. The molecule has 1 heterocycles. The second-order valence-electron chi connectivity index (χ2n) is 5.12. The first-order chi connectivity index (χ1) is 9.58. The van der Waals surface area contributed by atoms with Gasteiger partial charge in [-0.25, -0.2) is 0 Å². The molecule has 4 nitrogen and oxygen atoms in total. The number of aliphatic hydroxyl groups is 1. The number of amides is 1. The number of aliphatic hydroxyl groups excluding tert-OH is 1. The smallest absolute Gasteiger partial charge is 0.254 e. The minimum absolute atomic E-state index is 0.158. The molecule has 104 valence electrons. The lowest BCUT2D eigenvalue weighted by atomic mass is 10.1. The van der Waals surface area contributed by atoms with Crippen molar-refractivity contribution in [2.75, 3.05) is 0 Å². The van der Waals surface area contributed by atoms with E-state index in [0.717, 1.165) is 21.7 Å². The molecule has 0 saturated carbocycles. The first-order valence-electron chi connectivity index (χ1n) is 6.57. The molecule has 0 fully saturated rings. The predicted molar refractivity (Wildman–Crippen MR) is 77.9 cm³/mol. The highest BCUT2D eigenvalue weighted by Crippen LogP contribution is 2.31. The zero-order chi connectivity index (χ0) is 14.3. The normalized spacial score (nSPS) is 20.8. The molecule has 5 heteroatoms. The maximum atomic E-state index is 12.4. The van der Waals surface area contributed by atoms with Gasteiger partial charge in [0.25, 0.3) is 5.91 Å². The van der Waals surface area contributed by atoms with E-state index in [9.17, 15) is 9.90 Å². The number of nitrogens with zero attached hydrogens (tertiary/aromatic N) is 1. The molecule has 2 aromatic rings. The van der Waals surface area contributed by atoms with Gasteiger partial charge in [-0.1, -0.05) is 24.3 Å². The van der Waals surface area contributed by atoms with Crippen LogP contribution in [0.2, 0.25) is 0 Å². The zero-order valence-electron chi connectivity index (χ0n) is 11.4. The fraction of sp³-hybridized carbons (Fsp3) is 0.333. The maximum absolute atomic E-state index is 12.4. The van der Waals surface area contributed by atoms with Crippen molar-refractivity contribution in [1.29, 1.82) is 0 Å². The van der Waals surface area contributed by atoms with Crippen LogP contribution in [0.1, 0.15) is 38.1 Å². The fourth-order valence-electron chi connectivity index (χ4n) is 2.77. The van der Waals surface area contributed by atoms with Crippen LogP contribution in [0.25, 0.3) is 0 Å². The standard InChI is InChI=1S/C15H16N2O2S/c1-8-13(9(2)20-17-8)15(19)16-14-11-6-4-3-5-10(11)7-12(14)18/h3-6,12,14,18H,7H2,1-2H3,(H,16,19). The lowest BCUT2D eigenvalue weighted by Crippen LogP contribution is -2.34. The van der Waals surface area contributed by atoms with Crippen molar-refractivity contribution >= 4 is 17.4 Å². The number of carbonyl (C=O) groups excluding carboxylic acids is 1. The highest BCUT2D eigenvalue weighted by Gasteiger charge is 2.32. The van der Waals surface area contributed by atoms with Crippen LogP contribution in [-0.2, 0) is 6.42 Å². The van der Waals surface area contributed by atoms with E-state index in [1.165, 1.54) is 11.5 Å². The number of hydrogen-bond donors (Lipinski definition) is 2. The van der Waals surface area contributed by atoms with Crippen LogP contribution in [-0.4, -0.2) is 21.5 Å². The summed E-state index contributed by atoms with van der Waals surface area (Å²) in [6.45, 7) is 3.72. The molecule has 2 atom stereocenters. The molecule has 1 aliphatic carbocycles. The van der Waals surface area contributed by atoms with Crippen LogP contribution < -0.4 is 5.32 Å². The molecule has 0 bridgehead atoms. The van der Waals surface area contributed by atoms with E-state index in [-0.39, 0.29) is 11.9 Å². The largest absolute Gasteiger partial charge is 0.390 e. The Labute approximate surface area is 121 Å².